The topological polar surface area (TPSA) is 87.4 Å². The summed E-state index contributed by atoms with van der Waals surface area (Å²) in [6.45, 7) is 2.45. The molecule has 2 unspecified atom stereocenters. The number of para-hydroxylation sites is 1. The molecule has 1 aliphatic rings. The second-order valence-electron chi connectivity index (χ2n) is 6.26. The Hall–Kier alpha value is -2.34. The molecule has 1 aromatic carbocycles. The van der Waals surface area contributed by atoms with E-state index < -0.39 is 5.91 Å². The fourth-order valence-electron chi connectivity index (χ4n) is 3.25. The van der Waals surface area contributed by atoms with E-state index in [2.05, 4.69) is 10.4 Å². The van der Waals surface area contributed by atoms with Gasteiger partial charge in [-0.15, -0.1) is 0 Å². The average Bonchev–Trinajstić information content (AvgIpc) is 3.18. The number of aliphatic hydroxyl groups is 1. The first-order chi connectivity index (χ1) is 11.6. The standard InChI is InChI=1S/C18H23N3O3/c1-2-12-6-3-4-8-14(12)21-11-16(23)17(20-21)18(24)19-10-13-7-5-9-15(13)22/h3-4,6,8,11,13,15,22-23H,2,5,7,9-10H2,1H3,(H,19,24). The van der Waals surface area contributed by atoms with Gasteiger partial charge in [0.05, 0.1) is 18.0 Å². The summed E-state index contributed by atoms with van der Waals surface area (Å²) in [5, 5.41) is 26.9. The third-order valence-corrected chi connectivity index (χ3v) is 4.67. The largest absolute Gasteiger partial charge is 0.504 e. The lowest BCUT2D eigenvalue weighted by Crippen LogP contribution is -2.32. The lowest BCUT2D eigenvalue weighted by molar-refractivity contribution is 0.0909. The van der Waals surface area contributed by atoms with E-state index in [4.69, 9.17) is 0 Å². The molecule has 0 radical (unpaired) electrons. The van der Waals surface area contributed by atoms with Crippen molar-refractivity contribution in [3.8, 4) is 11.4 Å². The van der Waals surface area contributed by atoms with Crippen molar-refractivity contribution in [1.29, 1.82) is 0 Å². The minimum atomic E-state index is -0.417. The third-order valence-electron chi connectivity index (χ3n) is 4.67. The molecule has 0 saturated heterocycles. The zero-order chi connectivity index (χ0) is 17.1. The summed E-state index contributed by atoms with van der Waals surface area (Å²) in [4.78, 5) is 12.3. The molecule has 24 heavy (non-hydrogen) atoms. The summed E-state index contributed by atoms with van der Waals surface area (Å²) in [6, 6.07) is 7.75. The lowest BCUT2D eigenvalue weighted by Gasteiger charge is -2.14. The minimum absolute atomic E-state index is 0.00777. The van der Waals surface area contributed by atoms with E-state index in [1.807, 2.05) is 31.2 Å². The van der Waals surface area contributed by atoms with E-state index in [1.54, 1.807) is 0 Å². The van der Waals surface area contributed by atoms with Gasteiger partial charge < -0.3 is 15.5 Å². The normalized spacial score (nSPS) is 20.2. The molecular formula is C18H23N3O3. The smallest absolute Gasteiger partial charge is 0.275 e. The highest BCUT2D eigenvalue weighted by Crippen LogP contribution is 2.25. The predicted molar refractivity (Wildman–Crippen MR) is 90.3 cm³/mol. The number of carbonyl (C=O) groups excluding carboxylic acids is 1. The maximum Gasteiger partial charge on any atom is 0.275 e. The van der Waals surface area contributed by atoms with Gasteiger partial charge >= 0.3 is 0 Å². The van der Waals surface area contributed by atoms with Crippen LogP contribution < -0.4 is 5.32 Å². The number of aliphatic hydroxyl groups excluding tert-OH is 1. The molecule has 1 fully saturated rings. The Kier molecular flexibility index (Phi) is 4.85. The van der Waals surface area contributed by atoms with Gasteiger partial charge in [-0.25, -0.2) is 4.68 Å². The molecule has 1 aromatic heterocycles. The van der Waals surface area contributed by atoms with Gasteiger partial charge in [-0.2, -0.15) is 5.10 Å². The summed E-state index contributed by atoms with van der Waals surface area (Å²) >= 11 is 0. The molecule has 1 saturated carbocycles. The number of nitrogens with one attached hydrogen (secondary N) is 1. The van der Waals surface area contributed by atoms with Crippen LogP contribution >= 0.6 is 0 Å². The van der Waals surface area contributed by atoms with Gasteiger partial charge in [0.2, 0.25) is 0 Å². The molecule has 6 nitrogen and oxygen atoms in total. The Bertz CT molecular complexity index is 726. The van der Waals surface area contributed by atoms with Gasteiger partial charge in [0, 0.05) is 12.5 Å². The predicted octanol–water partition coefficient (Wildman–Crippen LogP) is 2.03. The van der Waals surface area contributed by atoms with Crippen molar-refractivity contribution in [3.05, 3.63) is 41.7 Å². The first kappa shape index (κ1) is 16.5. The van der Waals surface area contributed by atoms with Crippen LogP contribution in [0.15, 0.2) is 30.5 Å². The van der Waals surface area contributed by atoms with E-state index in [1.165, 1.54) is 10.9 Å². The van der Waals surface area contributed by atoms with Crippen LogP contribution in [-0.2, 0) is 6.42 Å². The van der Waals surface area contributed by atoms with Crippen LogP contribution in [0.5, 0.6) is 5.75 Å². The first-order valence-electron chi connectivity index (χ1n) is 8.43. The molecule has 1 amide bonds. The van der Waals surface area contributed by atoms with Crippen LogP contribution in [0.2, 0.25) is 0 Å². The van der Waals surface area contributed by atoms with Crippen molar-refractivity contribution in [2.75, 3.05) is 6.54 Å². The molecule has 0 spiro atoms. The number of nitrogens with zero attached hydrogens (tertiary/aromatic N) is 2. The minimum Gasteiger partial charge on any atom is -0.504 e. The summed E-state index contributed by atoms with van der Waals surface area (Å²) in [5.74, 6) is -0.483. The quantitative estimate of drug-likeness (QED) is 0.783. The van der Waals surface area contributed by atoms with E-state index >= 15 is 0 Å². The van der Waals surface area contributed by atoms with Crippen LogP contribution in [0.4, 0.5) is 0 Å². The molecule has 2 atom stereocenters. The van der Waals surface area contributed by atoms with Gasteiger partial charge in [-0.05, 0) is 30.9 Å². The van der Waals surface area contributed by atoms with E-state index in [-0.39, 0.29) is 23.5 Å². The number of benzene rings is 1. The van der Waals surface area contributed by atoms with E-state index in [9.17, 15) is 15.0 Å². The Morgan fingerprint density at radius 2 is 2.17 bits per heavy atom. The van der Waals surface area contributed by atoms with Gasteiger partial charge in [0.15, 0.2) is 11.4 Å². The van der Waals surface area contributed by atoms with Crippen molar-refractivity contribution in [1.82, 2.24) is 15.1 Å². The van der Waals surface area contributed by atoms with Gasteiger partial charge in [-0.3, -0.25) is 4.79 Å². The van der Waals surface area contributed by atoms with E-state index in [0.29, 0.717) is 6.54 Å². The number of aromatic hydroxyl groups is 1. The number of aromatic nitrogens is 2. The number of rotatable bonds is 5. The summed E-state index contributed by atoms with van der Waals surface area (Å²) in [7, 11) is 0. The highest BCUT2D eigenvalue weighted by molar-refractivity contribution is 5.94. The zero-order valence-corrected chi connectivity index (χ0v) is 13.8. The maximum atomic E-state index is 12.3. The van der Waals surface area contributed by atoms with Crippen LogP contribution in [0, 0.1) is 5.92 Å². The number of amides is 1. The summed E-state index contributed by atoms with van der Waals surface area (Å²) < 4.78 is 1.54. The Balaban J connectivity index is 1.75. The molecule has 3 rings (SSSR count). The molecule has 2 aromatic rings. The van der Waals surface area contributed by atoms with Crippen molar-refractivity contribution in [2.45, 2.75) is 38.7 Å². The monoisotopic (exact) mass is 329 g/mol. The second-order valence-corrected chi connectivity index (χ2v) is 6.26. The molecular weight excluding hydrogens is 306 g/mol. The fraction of sp³-hybridized carbons (Fsp3) is 0.444. The van der Waals surface area contributed by atoms with Gasteiger partial charge in [0.1, 0.15) is 0 Å². The van der Waals surface area contributed by atoms with Crippen LogP contribution in [0.25, 0.3) is 5.69 Å². The first-order valence-corrected chi connectivity index (χ1v) is 8.43. The SMILES string of the molecule is CCc1ccccc1-n1cc(O)c(C(=O)NCC2CCCC2O)n1. The van der Waals surface area contributed by atoms with Crippen LogP contribution in [0.1, 0.15) is 42.2 Å². The Morgan fingerprint density at radius 1 is 1.38 bits per heavy atom. The van der Waals surface area contributed by atoms with Gasteiger partial charge in [-0.1, -0.05) is 31.5 Å². The molecule has 128 valence electrons. The average molecular weight is 329 g/mol. The van der Waals surface area contributed by atoms with E-state index in [0.717, 1.165) is 36.9 Å². The Morgan fingerprint density at radius 3 is 2.88 bits per heavy atom. The second kappa shape index (κ2) is 7.05. The van der Waals surface area contributed by atoms with Crippen molar-refractivity contribution in [3.63, 3.8) is 0 Å². The highest BCUT2D eigenvalue weighted by Gasteiger charge is 2.26. The molecule has 0 aliphatic heterocycles. The zero-order valence-electron chi connectivity index (χ0n) is 13.8. The van der Waals surface area contributed by atoms with Crippen molar-refractivity contribution in [2.24, 2.45) is 5.92 Å². The summed E-state index contributed by atoms with van der Waals surface area (Å²) in [6.07, 6.45) is 4.61. The Labute approximate surface area is 141 Å². The number of hydrogen-bond acceptors (Lipinski definition) is 4. The lowest BCUT2D eigenvalue weighted by atomic mass is 10.1. The van der Waals surface area contributed by atoms with Crippen LogP contribution in [0.3, 0.4) is 0 Å². The maximum absolute atomic E-state index is 12.3. The molecule has 0 bridgehead atoms. The molecule has 1 aliphatic carbocycles. The summed E-state index contributed by atoms with van der Waals surface area (Å²) in [5.41, 5.74) is 1.94. The van der Waals surface area contributed by atoms with Crippen molar-refractivity contribution >= 4 is 5.91 Å². The third kappa shape index (κ3) is 3.28. The number of carbonyl (C=O) groups is 1. The van der Waals surface area contributed by atoms with Crippen LogP contribution in [-0.4, -0.2) is 38.5 Å². The van der Waals surface area contributed by atoms with Gasteiger partial charge in [0.25, 0.3) is 5.91 Å². The highest BCUT2D eigenvalue weighted by atomic mass is 16.3. The number of hydrogen-bond donors (Lipinski definition) is 3. The van der Waals surface area contributed by atoms with Crippen molar-refractivity contribution < 1.29 is 15.0 Å². The molecule has 1 heterocycles. The molecule has 3 N–H and O–H groups in total. The fourth-order valence-corrected chi connectivity index (χ4v) is 3.25. The molecule has 6 heteroatoms. The number of aryl methyl sites for hydroxylation is 1.